The summed E-state index contributed by atoms with van der Waals surface area (Å²) in [7, 11) is 0. The van der Waals surface area contributed by atoms with E-state index in [-0.39, 0.29) is 5.92 Å². The Hall–Kier alpha value is -2.24. The lowest BCUT2D eigenvalue weighted by atomic mass is 10.2. The van der Waals surface area contributed by atoms with Crippen LogP contribution < -0.4 is 11.1 Å². The first-order chi connectivity index (χ1) is 8.65. The second-order valence-corrected chi connectivity index (χ2v) is 4.26. The second kappa shape index (κ2) is 5.39. The number of rotatable bonds is 4. The van der Waals surface area contributed by atoms with Crippen LogP contribution in [0.2, 0.25) is 0 Å². The summed E-state index contributed by atoms with van der Waals surface area (Å²) in [6.45, 7) is 4.62. The predicted molar refractivity (Wildman–Crippen MR) is 69.9 cm³/mol. The van der Waals surface area contributed by atoms with E-state index >= 15 is 0 Å². The zero-order chi connectivity index (χ0) is 13.0. The quantitative estimate of drug-likeness (QED) is 0.848. The van der Waals surface area contributed by atoms with Gasteiger partial charge in [-0.1, -0.05) is 13.8 Å². The van der Waals surface area contributed by atoms with E-state index in [1.165, 1.54) is 0 Å². The molecule has 2 heterocycles. The third kappa shape index (κ3) is 3.13. The summed E-state index contributed by atoms with van der Waals surface area (Å²) >= 11 is 0. The fourth-order valence-corrected chi connectivity index (χ4v) is 1.44. The molecule has 0 bridgehead atoms. The Morgan fingerprint density at radius 2 is 2.17 bits per heavy atom. The van der Waals surface area contributed by atoms with Gasteiger partial charge >= 0.3 is 0 Å². The van der Waals surface area contributed by atoms with Crippen LogP contribution in [-0.4, -0.2) is 20.2 Å². The third-order valence-electron chi connectivity index (χ3n) is 2.36. The summed E-state index contributed by atoms with van der Waals surface area (Å²) in [4.78, 5) is 8.58. The molecule has 0 unspecified atom stereocenters. The summed E-state index contributed by atoms with van der Waals surface area (Å²) in [5, 5.41) is 11.0. The van der Waals surface area contributed by atoms with Crippen molar-refractivity contribution in [3.05, 3.63) is 35.9 Å². The zero-order valence-electron chi connectivity index (χ0n) is 10.5. The van der Waals surface area contributed by atoms with Crippen LogP contribution in [0.3, 0.4) is 0 Å². The van der Waals surface area contributed by atoms with Crippen LogP contribution in [0.5, 0.6) is 0 Å². The van der Waals surface area contributed by atoms with E-state index in [0.717, 1.165) is 11.5 Å². The van der Waals surface area contributed by atoms with Gasteiger partial charge in [-0.2, -0.15) is 10.2 Å². The van der Waals surface area contributed by atoms with Crippen molar-refractivity contribution in [3.63, 3.8) is 0 Å². The monoisotopic (exact) mass is 244 g/mol. The van der Waals surface area contributed by atoms with Gasteiger partial charge in [-0.15, -0.1) is 0 Å². The SMILES string of the molecule is CC(C)c1nc(N)cc(NCc2cccnn2)n1. The van der Waals surface area contributed by atoms with Crippen LogP contribution in [0.4, 0.5) is 11.6 Å². The molecule has 2 aromatic rings. The van der Waals surface area contributed by atoms with Crippen LogP contribution in [-0.2, 0) is 6.54 Å². The maximum atomic E-state index is 5.75. The fraction of sp³-hybridized carbons (Fsp3) is 0.333. The molecule has 6 nitrogen and oxygen atoms in total. The molecule has 0 aliphatic carbocycles. The molecule has 0 aliphatic rings. The molecule has 94 valence electrons. The van der Waals surface area contributed by atoms with Crippen molar-refractivity contribution in [2.24, 2.45) is 0 Å². The number of hydrogen-bond donors (Lipinski definition) is 2. The molecule has 0 saturated heterocycles. The minimum atomic E-state index is 0.241. The number of nitrogens with two attached hydrogens (primary N) is 1. The van der Waals surface area contributed by atoms with Gasteiger partial charge in [0.15, 0.2) is 0 Å². The van der Waals surface area contributed by atoms with Crippen molar-refractivity contribution < 1.29 is 0 Å². The molecular weight excluding hydrogens is 228 g/mol. The Kier molecular flexibility index (Phi) is 3.66. The van der Waals surface area contributed by atoms with Gasteiger partial charge in [-0.05, 0) is 12.1 Å². The molecule has 0 atom stereocenters. The largest absolute Gasteiger partial charge is 0.384 e. The van der Waals surface area contributed by atoms with Crippen LogP contribution in [0.25, 0.3) is 0 Å². The van der Waals surface area contributed by atoms with Crippen LogP contribution in [0, 0.1) is 0 Å². The van der Waals surface area contributed by atoms with E-state index in [9.17, 15) is 0 Å². The molecule has 0 amide bonds. The van der Waals surface area contributed by atoms with Crippen molar-refractivity contribution >= 4 is 11.6 Å². The Morgan fingerprint density at radius 1 is 1.33 bits per heavy atom. The number of anilines is 2. The van der Waals surface area contributed by atoms with E-state index in [0.29, 0.717) is 18.2 Å². The molecule has 0 radical (unpaired) electrons. The summed E-state index contributed by atoms with van der Waals surface area (Å²) in [5.41, 5.74) is 6.60. The number of hydrogen-bond acceptors (Lipinski definition) is 6. The average molecular weight is 244 g/mol. The maximum Gasteiger partial charge on any atom is 0.135 e. The standard InChI is InChI=1S/C12H16N6/c1-8(2)12-16-10(13)6-11(17-12)14-7-9-4-3-5-15-18-9/h3-6,8H,7H2,1-2H3,(H3,13,14,16,17). The Morgan fingerprint density at radius 3 is 2.83 bits per heavy atom. The predicted octanol–water partition coefficient (Wildman–Crippen LogP) is 1.58. The molecule has 0 saturated carbocycles. The van der Waals surface area contributed by atoms with E-state index in [2.05, 4.69) is 25.5 Å². The van der Waals surface area contributed by atoms with Crippen LogP contribution >= 0.6 is 0 Å². The Bertz CT molecular complexity index is 511. The molecule has 0 aliphatic heterocycles. The maximum absolute atomic E-state index is 5.75. The Labute approximate surface area is 106 Å². The van der Waals surface area contributed by atoms with Gasteiger partial charge in [-0.3, -0.25) is 0 Å². The average Bonchev–Trinajstić information content (AvgIpc) is 2.37. The number of nitrogens with one attached hydrogen (secondary N) is 1. The topological polar surface area (TPSA) is 89.6 Å². The molecule has 2 aromatic heterocycles. The van der Waals surface area contributed by atoms with E-state index in [1.807, 2.05) is 26.0 Å². The van der Waals surface area contributed by atoms with Crippen molar-refractivity contribution in [3.8, 4) is 0 Å². The molecule has 18 heavy (non-hydrogen) atoms. The molecule has 0 spiro atoms. The summed E-state index contributed by atoms with van der Waals surface area (Å²) in [6.07, 6.45) is 1.64. The van der Waals surface area contributed by atoms with Gasteiger partial charge in [0.2, 0.25) is 0 Å². The minimum absolute atomic E-state index is 0.241. The molecule has 2 rings (SSSR count). The number of nitrogen functional groups attached to an aromatic ring is 1. The summed E-state index contributed by atoms with van der Waals surface area (Å²) in [6, 6.07) is 5.45. The molecule has 6 heteroatoms. The lowest BCUT2D eigenvalue weighted by molar-refractivity contribution is 0.776. The van der Waals surface area contributed by atoms with Crippen molar-refractivity contribution in [1.82, 2.24) is 20.2 Å². The molecule has 0 aromatic carbocycles. The van der Waals surface area contributed by atoms with Gasteiger partial charge < -0.3 is 11.1 Å². The summed E-state index contributed by atoms with van der Waals surface area (Å²) < 4.78 is 0. The van der Waals surface area contributed by atoms with E-state index in [1.54, 1.807) is 12.3 Å². The molecule has 0 fully saturated rings. The van der Waals surface area contributed by atoms with Crippen molar-refractivity contribution in [2.45, 2.75) is 26.3 Å². The Balaban J connectivity index is 2.10. The lowest BCUT2D eigenvalue weighted by Gasteiger charge is -2.09. The molecular formula is C12H16N6. The van der Waals surface area contributed by atoms with Gasteiger partial charge in [0.1, 0.15) is 17.5 Å². The smallest absolute Gasteiger partial charge is 0.135 e. The molecule has 3 N–H and O–H groups in total. The van der Waals surface area contributed by atoms with Gasteiger partial charge in [0.05, 0.1) is 12.2 Å². The highest BCUT2D eigenvalue weighted by Gasteiger charge is 2.06. The number of nitrogens with zero attached hydrogens (tertiary/aromatic N) is 4. The van der Waals surface area contributed by atoms with Crippen LogP contribution in [0.1, 0.15) is 31.3 Å². The van der Waals surface area contributed by atoms with Gasteiger partial charge in [-0.25, -0.2) is 9.97 Å². The zero-order valence-corrected chi connectivity index (χ0v) is 10.5. The highest BCUT2D eigenvalue weighted by Crippen LogP contribution is 2.15. The number of aromatic nitrogens is 4. The third-order valence-corrected chi connectivity index (χ3v) is 2.36. The van der Waals surface area contributed by atoms with Crippen molar-refractivity contribution in [2.75, 3.05) is 11.1 Å². The highest BCUT2D eigenvalue weighted by molar-refractivity contribution is 5.45. The van der Waals surface area contributed by atoms with Gasteiger partial charge in [0, 0.05) is 18.2 Å². The van der Waals surface area contributed by atoms with Gasteiger partial charge in [0.25, 0.3) is 0 Å². The summed E-state index contributed by atoms with van der Waals surface area (Å²) in [5.74, 6) is 2.15. The minimum Gasteiger partial charge on any atom is -0.384 e. The fourth-order valence-electron chi connectivity index (χ4n) is 1.44. The van der Waals surface area contributed by atoms with E-state index in [4.69, 9.17) is 5.73 Å². The first kappa shape index (κ1) is 12.2. The van der Waals surface area contributed by atoms with Crippen molar-refractivity contribution in [1.29, 1.82) is 0 Å². The normalized spacial score (nSPS) is 10.6. The highest BCUT2D eigenvalue weighted by atomic mass is 15.1. The van der Waals surface area contributed by atoms with E-state index < -0.39 is 0 Å². The van der Waals surface area contributed by atoms with Crippen LogP contribution in [0.15, 0.2) is 24.4 Å². The lowest BCUT2D eigenvalue weighted by Crippen LogP contribution is -2.08. The first-order valence-corrected chi connectivity index (χ1v) is 5.80. The first-order valence-electron chi connectivity index (χ1n) is 5.80. The second-order valence-electron chi connectivity index (χ2n) is 4.26.